The van der Waals surface area contributed by atoms with E-state index in [0.717, 1.165) is 22.1 Å². The van der Waals surface area contributed by atoms with Crippen LogP contribution in [0.25, 0.3) is 10.8 Å². The van der Waals surface area contributed by atoms with Crippen molar-refractivity contribution in [2.75, 3.05) is 0 Å². The molecule has 106 valence electrons. The summed E-state index contributed by atoms with van der Waals surface area (Å²) in [7, 11) is 0. The van der Waals surface area contributed by atoms with Crippen molar-refractivity contribution in [3.63, 3.8) is 0 Å². The van der Waals surface area contributed by atoms with Crippen LogP contribution in [0.5, 0.6) is 5.75 Å². The zero-order valence-electron chi connectivity index (χ0n) is 12.0. The summed E-state index contributed by atoms with van der Waals surface area (Å²) in [5, 5.41) is 14.1. The zero-order chi connectivity index (χ0) is 14.7. The van der Waals surface area contributed by atoms with Gasteiger partial charge in [0.15, 0.2) is 0 Å². The number of nitrogens with zero attached hydrogens (tertiary/aromatic N) is 4. The first-order valence-electron chi connectivity index (χ1n) is 6.81. The molecule has 0 saturated carbocycles. The van der Waals surface area contributed by atoms with Gasteiger partial charge >= 0.3 is 0 Å². The van der Waals surface area contributed by atoms with Crippen LogP contribution in [0.1, 0.15) is 19.4 Å². The van der Waals surface area contributed by atoms with Crippen LogP contribution >= 0.6 is 0 Å². The highest BCUT2D eigenvalue weighted by molar-refractivity contribution is 6.02. The summed E-state index contributed by atoms with van der Waals surface area (Å²) in [4.78, 5) is 0. The summed E-state index contributed by atoms with van der Waals surface area (Å²) in [6.07, 6.45) is 4.98. The second-order valence-electron chi connectivity index (χ2n) is 4.95. The highest BCUT2D eigenvalue weighted by Crippen LogP contribution is 2.27. The molecule has 3 rings (SSSR count). The normalized spacial score (nSPS) is 11.6. The lowest BCUT2D eigenvalue weighted by molar-refractivity contribution is 0.242. The van der Waals surface area contributed by atoms with Crippen LogP contribution in [0.15, 0.2) is 54.2 Å². The van der Waals surface area contributed by atoms with Crippen molar-refractivity contribution < 1.29 is 4.74 Å². The van der Waals surface area contributed by atoms with Gasteiger partial charge in [-0.25, -0.2) is 4.68 Å². The van der Waals surface area contributed by atoms with Crippen molar-refractivity contribution in [3.05, 3.63) is 54.6 Å². The second-order valence-corrected chi connectivity index (χ2v) is 4.95. The zero-order valence-corrected chi connectivity index (χ0v) is 12.0. The van der Waals surface area contributed by atoms with Gasteiger partial charge in [0.05, 0.1) is 12.3 Å². The van der Waals surface area contributed by atoms with Crippen LogP contribution in [0.2, 0.25) is 0 Å². The van der Waals surface area contributed by atoms with Gasteiger partial charge in [0.25, 0.3) is 0 Å². The molecule has 0 N–H and O–H groups in total. The monoisotopic (exact) mass is 280 g/mol. The van der Waals surface area contributed by atoms with Crippen LogP contribution in [0.4, 0.5) is 0 Å². The summed E-state index contributed by atoms with van der Waals surface area (Å²) in [6.45, 7) is 4.02. The van der Waals surface area contributed by atoms with Crippen LogP contribution in [-0.2, 0) is 0 Å². The highest BCUT2D eigenvalue weighted by Gasteiger charge is 2.08. The molecular weight excluding hydrogens is 264 g/mol. The summed E-state index contributed by atoms with van der Waals surface area (Å²) < 4.78 is 7.45. The number of benzene rings is 2. The Labute approximate surface area is 122 Å². The molecule has 0 aliphatic rings. The molecule has 0 radical (unpaired) electrons. The Hall–Kier alpha value is -2.69. The van der Waals surface area contributed by atoms with Crippen molar-refractivity contribution in [2.24, 2.45) is 5.10 Å². The number of aromatic nitrogens is 3. The molecule has 0 unspecified atom stereocenters. The smallest absolute Gasteiger partial charge is 0.141 e. The van der Waals surface area contributed by atoms with Crippen LogP contribution in [0.3, 0.4) is 0 Å². The molecule has 0 aliphatic heterocycles. The molecule has 2 aromatic carbocycles. The number of hydrogen-bond donors (Lipinski definition) is 0. The lowest BCUT2D eigenvalue weighted by Gasteiger charge is -2.14. The minimum Gasteiger partial charge on any atom is -0.490 e. The fourth-order valence-electron chi connectivity index (χ4n) is 2.14. The van der Waals surface area contributed by atoms with Crippen molar-refractivity contribution >= 4 is 17.0 Å². The Bertz CT molecular complexity index is 763. The molecule has 0 spiro atoms. The van der Waals surface area contributed by atoms with Gasteiger partial charge in [0, 0.05) is 5.56 Å². The molecule has 5 heteroatoms. The van der Waals surface area contributed by atoms with Crippen LogP contribution in [-0.4, -0.2) is 27.2 Å². The van der Waals surface area contributed by atoms with Crippen molar-refractivity contribution in [3.8, 4) is 5.75 Å². The Morgan fingerprint density at radius 1 is 1.10 bits per heavy atom. The molecule has 0 atom stereocenters. The number of rotatable bonds is 4. The van der Waals surface area contributed by atoms with Crippen molar-refractivity contribution in [2.45, 2.75) is 20.0 Å². The molecule has 0 amide bonds. The van der Waals surface area contributed by atoms with Gasteiger partial charge in [-0.3, -0.25) is 0 Å². The van der Waals surface area contributed by atoms with E-state index in [2.05, 4.69) is 33.5 Å². The average molecular weight is 280 g/mol. The maximum atomic E-state index is 5.89. The highest BCUT2D eigenvalue weighted by atomic mass is 16.5. The fraction of sp³-hybridized carbons (Fsp3) is 0.188. The maximum Gasteiger partial charge on any atom is 0.141 e. The van der Waals surface area contributed by atoms with Crippen molar-refractivity contribution in [1.29, 1.82) is 0 Å². The van der Waals surface area contributed by atoms with Gasteiger partial charge in [-0.15, -0.1) is 10.2 Å². The van der Waals surface area contributed by atoms with E-state index in [1.54, 1.807) is 23.5 Å². The molecule has 0 saturated heterocycles. The lowest BCUT2D eigenvalue weighted by Crippen LogP contribution is -2.07. The quantitative estimate of drug-likeness (QED) is 0.690. The Balaban J connectivity index is 2.11. The van der Waals surface area contributed by atoms with Gasteiger partial charge < -0.3 is 4.74 Å². The van der Waals surface area contributed by atoms with Gasteiger partial charge in [0.2, 0.25) is 0 Å². The van der Waals surface area contributed by atoms with E-state index in [4.69, 9.17) is 4.74 Å². The molecule has 21 heavy (non-hydrogen) atoms. The topological polar surface area (TPSA) is 52.3 Å². The molecule has 0 aliphatic carbocycles. The van der Waals surface area contributed by atoms with E-state index >= 15 is 0 Å². The van der Waals surface area contributed by atoms with E-state index in [-0.39, 0.29) is 6.10 Å². The Morgan fingerprint density at radius 2 is 1.86 bits per heavy atom. The Kier molecular flexibility index (Phi) is 3.64. The molecule has 1 heterocycles. The molecule has 3 aromatic rings. The van der Waals surface area contributed by atoms with E-state index in [1.807, 2.05) is 32.0 Å². The fourth-order valence-corrected chi connectivity index (χ4v) is 2.14. The number of fused-ring (bicyclic) bond motifs is 1. The third-order valence-electron chi connectivity index (χ3n) is 3.02. The minimum atomic E-state index is 0.105. The average Bonchev–Trinajstić information content (AvgIpc) is 2.99. The predicted molar refractivity (Wildman–Crippen MR) is 82.7 cm³/mol. The van der Waals surface area contributed by atoms with E-state index in [1.165, 1.54) is 0 Å². The van der Waals surface area contributed by atoms with E-state index < -0.39 is 0 Å². The molecule has 1 aromatic heterocycles. The standard InChI is InChI=1S/C16H16N4O/c1-12(2)21-16-8-7-13-5-3-4-6-14(13)15(16)9-19-20-10-17-18-11-20/h3-12H,1-2H3/b19-9-. The molecular formula is C16H16N4O. The number of ether oxygens (including phenoxy) is 1. The van der Waals surface area contributed by atoms with Crippen LogP contribution < -0.4 is 4.74 Å². The van der Waals surface area contributed by atoms with E-state index in [9.17, 15) is 0 Å². The number of hydrogen-bond acceptors (Lipinski definition) is 4. The van der Waals surface area contributed by atoms with Gasteiger partial charge in [0.1, 0.15) is 18.4 Å². The first-order chi connectivity index (χ1) is 10.2. The van der Waals surface area contributed by atoms with Gasteiger partial charge in [-0.2, -0.15) is 5.10 Å². The van der Waals surface area contributed by atoms with Crippen LogP contribution in [0, 0.1) is 0 Å². The second kappa shape index (κ2) is 5.75. The van der Waals surface area contributed by atoms with Gasteiger partial charge in [-0.1, -0.05) is 30.3 Å². The molecule has 0 fully saturated rings. The summed E-state index contributed by atoms with van der Waals surface area (Å²) in [5.74, 6) is 0.820. The molecule has 0 bridgehead atoms. The minimum absolute atomic E-state index is 0.105. The van der Waals surface area contributed by atoms with E-state index in [0.29, 0.717) is 0 Å². The summed E-state index contributed by atoms with van der Waals surface area (Å²) in [5.41, 5.74) is 0.954. The largest absolute Gasteiger partial charge is 0.490 e. The SMILES string of the molecule is CC(C)Oc1ccc2ccccc2c1/C=N\n1cnnc1. The predicted octanol–water partition coefficient (Wildman–Crippen LogP) is 3.10. The first kappa shape index (κ1) is 13.3. The molecule has 5 nitrogen and oxygen atoms in total. The summed E-state index contributed by atoms with van der Waals surface area (Å²) in [6, 6.07) is 12.2. The summed E-state index contributed by atoms with van der Waals surface area (Å²) >= 11 is 0. The lowest BCUT2D eigenvalue weighted by atomic mass is 10.0. The third kappa shape index (κ3) is 2.91. The van der Waals surface area contributed by atoms with Gasteiger partial charge in [-0.05, 0) is 30.7 Å². The maximum absolute atomic E-state index is 5.89. The first-order valence-corrected chi connectivity index (χ1v) is 6.81. The van der Waals surface area contributed by atoms with Crippen molar-refractivity contribution in [1.82, 2.24) is 14.9 Å². The third-order valence-corrected chi connectivity index (χ3v) is 3.02. The Morgan fingerprint density at radius 3 is 2.62 bits per heavy atom.